The zero-order valence-corrected chi connectivity index (χ0v) is 12.3. The van der Waals surface area contributed by atoms with E-state index in [9.17, 15) is 0 Å². The summed E-state index contributed by atoms with van der Waals surface area (Å²) < 4.78 is 7.98. The summed E-state index contributed by atoms with van der Waals surface area (Å²) in [6, 6.07) is 6.15. The SMILES string of the molecule is CCc1ccc(OC)c(-c2c(Br)c(N)nn2C)c1. The number of hydrogen-bond donors (Lipinski definition) is 1. The topological polar surface area (TPSA) is 53.1 Å². The Morgan fingerprint density at radius 1 is 1.44 bits per heavy atom. The molecule has 18 heavy (non-hydrogen) atoms. The van der Waals surface area contributed by atoms with Gasteiger partial charge in [-0.2, -0.15) is 5.10 Å². The Balaban J connectivity index is 2.68. The van der Waals surface area contributed by atoms with Crippen LogP contribution in [0.5, 0.6) is 5.75 Å². The summed E-state index contributed by atoms with van der Waals surface area (Å²) in [4.78, 5) is 0. The second-order valence-corrected chi connectivity index (χ2v) is 4.85. The van der Waals surface area contributed by atoms with E-state index in [0.717, 1.165) is 27.9 Å². The number of ether oxygens (including phenoxy) is 1. The number of benzene rings is 1. The summed E-state index contributed by atoms with van der Waals surface area (Å²) in [5.74, 6) is 1.30. The molecule has 0 atom stereocenters. The predicted octanol–water partition coefficient (Wildman–Crippen LogP) is 3.00. The molecule has 0 aliphatic heterocycles. The predicted molar refractivity (Wildman–Crippen MR) is 76.7 cm³/mol. The average molecular weight is 310 g/mol. The first-order chi connectivity index (χ1) is 8.58. The number of anilines is 1. The molecule has 0 unspecified atom stereocenters. The van der Waals surface area contributed by atoms with Crippen molar-refractivity contribution in [2.45, 2.75) is 13.3 Å². The van der Waals surface area contributed by atoms with Gasteiger partial charge in [0.15, 0.2) is 5.82 Å². The number of nitrogens with two attached hydrogens (primary N) is 1. The molecular formula is C13H16BrN3O. The van der Waals surface area contributed by atoms with Crippen LogP contribution in [0.2, 0.25) is 0 Å². The van der Waals surface area contributed by atoms with Crippen molar-refractivity contribution < 1.29 is 4.74 Å². The molecule has 0 fully saturated rings. The first-order valence-corrected chi connectivity index (χ1v) is 6.53. The summed E-state index contributed by atoms with van der Waals surface area (Å²) in [6.45, 7) is 2.12. The van der Waals surface area contributed by atoms with Crippen LogP contribution in [-0.4, -0.2) is 16.9 Å². The van der Waals surface area contributed by atoms with Gasteiger partial charge >= 0.3 is 0 Å². The molecule has 96 valence electrons. The summed E-state index contributed by atoms with van der Waals surface area (Å²) >= 11 is 3.48. The van der Waals surface area contributed by atoms with Crippen LogP contribution in [0.25, 0.3) is 11.3 Å². The van der Waals surface area contributed by atoms with E-state index < -0.39 is 0 Å². The molecule has 5 heteroatoms. The molecule has 0 bridgehead atoms. The fourth-order valence-electron chi connectivity index (χ4n) is 1.97. The van der Waals surface area contributed by atoms with Gasteiger partial charge in [-0.3, -0.25) is 4.68 Å². The van der Waals surface area contributed by atoms with Gasteiger partial charge in [-0.15, -0.1) is 0 Å². The summed E-state index contributed by atoms with van der Waals surface area (Å²) in [6.07, 6.45) is 0.974. The van der Waals surface area contributed by atoms with Crippen molar-refractivity contribution in [3.05, 3.63) is 28.2 Å². The van der Waals surface area contributed by atoms with Crippen LogP contribution in [0.1, 0.15) is 12.5 Å². The highest BCUT2D eigenvalue weighted by molar-refractivity contribution is 9.10. The van der Waals surface area contributed by atoms with E-state index in [-0.39, 0.29) is 0 Å². The van der Waals surface area contributed by atoms with Crippen LogP contribution in [0.3, 0.4) is 0 Å². The average Bonchev–Trinajstić information content (AvgIpc) is 2.62. The number of nitrogen functional groups attached to an aromatic ring is 1. The standard InChI is InChI=1S/C13H16BrN3O/c1-4-8-5-6-10(18-3)9(7-8)12-11(14)13(15)16-17(12)2/h5-7H,4H2,1-3H3,(H2,15,16). The third-order valence-corrected chi connectivity index (χ3v) is 3.72. The van der Waals surface area contributed by atoms with E-state index >= 15 is 0 Å². The van der Waals surface area contributed by atoms with Crippen LogP contribution in [-0.2, 0) is 13.5 Å². The minimum atomic E-state index is 0.483. The fourth-order valence-corrected chi connectivity index (χ4v) is 2.52. The maximum Gasteiger partial charge on any atom is 0.160 e. The number of halogens is 1. The quantitative estimate of drug-likeness (QED) is 0.948. The lowest BCUT2D eigenvalue weighted by atomic mass is 10.1. The Morgan fingerprint density at radius 2 is 2.17 bits per heavy atom. The molecule has 0 saturated heterocycles. The minimum absolute atomic E-state index is 0.483. The van der Waals surface area contributed by atoms with E-state index in [2.05, 4.69) is 40.1 Å². The second-order valence-electron chi connectivity index (χ2n) is 4.06. The Morgan fingerprint density at radius 3 is 2.67 bits per heavy atom. The van der Waals surface area contributed by atoms with E-state index in [1.165, 1.54) is 5.56 Å². The molecule has 0 amide bonds. The fraction of sp³-hybridized carbons (Fsp3) is 0.308. The second kappa shape index (κ2) is 5.02. The van der Waals surface area contributed by atoms with Crippen molar-refractivity contribution in [2.24, 2.45) is 7.05 Å². The Bertz CT molecular complexity index is 578. The summed E-state index contributed by atoms with van der Waals surface area (Å²) in [5.41, 5.74) is 8.99. The van der Waals surface area contributed by atoms with Crippen molar-refractivity contribution in [3.63, 3.8) is 0 Å². The normalized spacial score (nSPS) is 10.7. The van der Waals surface area contributed by atoms with Crippen LogP contribution in [0.15, 0.2) is 22.7 Å². The maximum atomic E-state index is 5.82. The van der Waals surface area contributed by atoms with E-state index in [0.29, 0.717) is 5.82 Å². The van der Waals surface area contributed by atoms with Crippen LogP contribution in [0.4, 0.5) is 5.82 Å². The molecule has 0 saturated carbocycles. The van der Waals surface area contributed by atoms with Gasteiger partial charge in [0.25, 0.3) is 0 Å². The molecule has 1 heterocycles. The number of rotatable bonds is 3. The molecule has 2 aromatic rings. The van der Waals surface area contributed by atoms with Gasteiger partial charge in [-0.25, -0.2) is 0 Å². The summed E-state index contributed by atoms with van der Waals surface area (Å²) in [7, 11) is 3.53. The van der Waals surface area contributed by atoms with Crippen LogP contribution in [0, 0.1) is 0 Å². The first kappa shape index (κ1) is 13.0. The lowest BCUT2D eigenvalue weighted by Gasteiger charge is -2.11. The van der Waals surface area contributed by atoms with Gasteiger partial charge in [0.05, 0.1) is 17.3 Å². The van der Waals surface area contributed by atoms with E-state index in [4.69, 9.17) is 10.5 Å². The van der Waals surface area contributed by atoms with Gasteiger partial charge < -0.3 is 10.5 Å². The van der Waals surface area contributed by atoms with Crippen molar-refractivity contribution in [1.29, 1.82) is 0 Å². The molecule has 2 rings (SSSR count). The van der Waals surface area contributed by atoms with Gasteiger partial charge in [0, 0.05) is 12.6 Å². The molecule has 2 N–H and O–H groups in total. The van der Waals surface area contributed by atoms with Crippen molar-refractivity contribution in [3.8, 4) is 17.0 Å². The first-order valence-electron chi connectivity index (χ1n) is 5.73. The number of hydrogen-bond acceptors (Lipinski definition) is 3. The van der Waals surface area contributed by atoms with E-state index in [1.54, 1.807) is 11.8 Å². The highest BCUT2D eigenvalue weighted by Gasteiger charge is 2.17. The highest BCUT2D eigenvalue weighted by atomic mass is 79.9. The van der Waals surface area contributed by atoms with Gasteiger partial charge in [-0.1, -0.05) is 13.0 Å². The monoisotopic (exact) mass is 309 g/mol. The third kappa shape index (κ3) is 2.10. The van der Waals surface area contributed by atoms with Gasteiger partial charge in [-0.05, 0) is 40.0 Å². The molecule has 1 aromatic heterocycles. The Labute approximate surface area is 115 Å². The molecule has 0 radical (unpaired) electrons. The third-order valence-electron chi connectivity index (χ3n) is 2.94. The molecule has 0 aliphatic rings. The van der Waals surface area contributed by atoms with Crippen molar-refractivity contribution in [2.75, 3.05) is 12.8 Å². The van der Waals surface area contributed by atoms with Crippen LogP contribution < -0.4 is 10.5 Å². The largest absolute Gasteiger partial charge is 0.496 e. The lowest BCUT2D eigenvalue weighted by molar-refractivity contribution is 0.416. The maximum absolute atomic E-state index is 5.82. The van der Waals surface area contributed by atoms with Crippen molar-refractivity contribution in [1.82, 2.24) is 9.78 Å². The zero-order valence-electron chi connectivity index (χ0n) is 10.7. The molecule has 0 spiro atoms. The van der Waals surface area contributed by atoms with Crippen LogP contribution >= 0.6 is 15.9 Å². The number of aryl methyl sites for hydroxylation is 2. The number of methoxy groups -OCH3 is 1. The Kier molecular flexibility index (Phi) is 3.61. The molecule has 1 aromatic carbocycles. The zero-order chi connectivity index (χ0) is 13.3. The molecule has 4 nitrogen and oxygen atoms in total. The molecule has 0 aliphatic carbocycles. The number of nitrogens with zero attached hydrogens (tertiary/aromatic N) is 2. The van der Waals surface area contributed by atoms with E-state index in [1.807, 2.05) is 13.1 Å². The lowest BCUT2D eigenvalue weighted by Crippen LogP contribution is -1.97. The molecular weight excluding hydrogens is 294 g/mol. The summed E-state index contributed by atoms with van der Waals surface area (Å²) in [5, 5.41) is 4.21. The minimum Gasteiger partial charge on any atom is -0.496 e. The number of aromatic nitrogens is 2. The van der Waals surface area contributed by atoms with Gasteiger partial charge in [0.1, 0.15) is 5.75 Å². The van der Waals surface area contributed by atoms with Crippen molar-refractivity contribution >= 4 is 21.7 Å². The van der Waals surface area contributed by atoms with Gasteiger partial charge in [0.2, 0.25) is 0 Å². The Hall–Kier alpha value is -1.49. The smallest absolute Gasteiger partial charge is 0.160 e. The highest BCUT2D eigenvalue weighted by Crippen LogP contribution is 2.37.